The second kappa shape index (κ2) is 7.23. The Hall–Kier alpha value is -1.68. The van der Waals surface area contributed by atoms with Crippen molar-refractivity contribution < 1.29 is 19.8 Å². The Kier molecular flexibility index (Phi) is 5.13. The molecule has 2 unspecified atom stereocenters. The second-order valence-electron chi connectivity index (χ2n) is 8.47. The molecule has 9 heteroatoms. The highest BCUT2D eigenvalue weighted by Gasteiger charge is 2.64. The van der Waals surface area contributed by atoms with E-state index in [1.54, 1.807) is 6.92 Å². The first kappa shape index (κ1) is 20.6. The molecular formula is C20H25N3O4S2. The van der Waals surface area contributed by atoms with Gasteiger partial charge in [-0.1, -0.05) is 31.7 Å². The lowest BCUT2D eigenvalue weighted by molar-refractivity contribution is -0.166. The molecule has 156 valence electrons. The number of rotatable bonds is 5. The number of amides is 1. The van der Waals surface area contributed by atoms with Crippen LogP contribution in [0.1, 0.15) is 39.8 Å². The van der Waals surface area contributed by atoms with Crippen LogP contribution in [0.25, 0.3) is 5.57 Å². The Labute approximate surface area is 177 Å². The first-order valence-corrected chi connectivity index (χ1v) is 11.4. The van der Waals surface area contributed by atoms with Crippen molar-refractivity contribution in [3.63, 3.8) is 0 Å². The van der Waals surface area contributed by atoms with Crippen LogP contribution in [0.2, 0.25) is 0 Å². The van der Waals surface area contributed by atoms with Gasteiger partial charge in [0.25, 0.3) is 0 Å². The third-order valence-electron chi connectivity index (χ3n) is 5.99. The monoisotopic (exact) mass is 435 g/mol. The number of thioether (sulfide) groups is 1. The highest BCUT2D eigenvalue weighted by atomic mass is 32.2. The van der Waals surface area contributed by atoms with Crippen molar-refractivity contribution in [3.8, 4) is 0 Å². The number of thiazole rings is 1. The zero-order valence-electron chi connectivity index (χ0n) is 16.8. The fraction of sp³-hybridized carbons (Fsp3) is 0.550. The van der Waals surface area contributed by atoms with Gasteiger partial charge >= 0.3 is 5.97 Å². The van der Waals surface area contributed by atoms with Crippen molar-refractivity contribution in [1.82, 2.24) is 15.2 Å². The molecule has 0 aromatic carbocycles. The van der Waals surface area contributed by atoms with Crippen molar-refractivity contribution in [3.05, 3.63) is 27.8 Å². The van der Waals surface area contributed by atoms with E-state index in [0.29, 0.717) is 10.9 Å². The molecule has 4 rings (SSSR count). The average Bonchev–Trinajstić information content (AvgIpc) is 3.16. The highest BCUT2D eigenvalue weighted by Crippen LogP contribution is 2.58. The molecule has 3 N–H and O–H groups in total. The van der Waals surface area contributed by atoms with E-state index in [-0.39, 0.29) is 17.6 Å². The second-order valence-corrected chi connectivity index (χ2v) is 10.6. The number of aliphatic carboxylic acids is 1. The number of carbonyl (C=O) groups excluding carboxylic acids is 1. The van der Waals surface area contributed by atoms with Gasteiger partial charge in [-0.05, 0) is 25.8 Å². The van der Waals surface area contributed by atoms with E-state index in [9.17, 15) is 19.8 Å². The molecule has 4 atom stereocenters. The lowest BCUT2D eigenvalue weighted by Crippen LogP contribution is -2.65. The Morgan fingerprint density at radius 1 is 1.48 bits per heavy atom. The van der Waals surface area contributed by atoms with E-state index in [2.05, 4.69) is 18.3 Å². The third kappa shape index (κ3) is 3.24. The molecule has 3 aliphatic rings. The highest BCUT2D eigenvalue weighted by molar-refractivity contribution is 8.04. The van der Waals surface area contributed by atoms with E-state index in [0.717, 1.165) is 23.0 Å². The minimum absolute atomic E-state index is 0.0263. The van der Waals surface area contributed by atoms with Gasteiger partial charge in [-0.2, -0.15) is 0 Å². The number of carbonyl (C=O) groups is 2. The number of aromatic nitrogens is 1. The topological polar surface area (TPSA) is 103 Å². The van der Waals surface area contributed by atoms with Crippen molar-refractivity contribution >= 4 is 40.5 Å². The van der Waals surface area contributed by atoms with Crippen LogP contribution in [0, 0.1) is 11.3 Å². The van der Waals surface area contributed by atoms with Gasteiger partial charge in [-0.25, -0.2) is 9.78 Å². The van der Waals surface area contributed by atoms with Crippen LogP contribution in [0.15, 0.2) is 26.4 Å². The maximum Gasteiger partial charge on any atom is 0.353 e. The van der Waals surface area contributed by atoms with E-state index in [1.807, 2.05) is 19.2 Å². The molecule has 0 spiro atoms. The van der Waals surface area contributed by atoms with Crippen LogP contribution >= 0.6 is 23.1 Å². The number of carboxylic acid groups (broad SMARTS) is 1. The predicted molar refractivity (Wildman–Crippen MR) is 112 cm³/mol. The fourth-order valence-corrected chi connectivity index (χ4v) is 6.69. The first-order chi connectivity index (χ1) is 13.6. The molecule has 0 saturated carbocycles. The average molecular weight is 436 g/mol. The van der Waals surface area contributed by atoms with Crippen molar-refractivity contribution in [2.75, 3.05) is 6.54 Å². The summed E-state index contributed by atoms with van der Waals surface area (Å²) in [7, 11) is 0. The SMILES string of the molecule is C[C@@H]1CC(c2csc(SC3=C(C(=O)O)N4C(=O)C([C@@H](C)O)C4C3(C)C)n2)=CCN1. The third-order valence-corrected chi connectivity index (χ3v) is 8.35. The maximum atomic E-state index is 12.6. The van der Waals surface area contributed by atoms with Gasteiger partial charge in [-0.3, -0.25) is 4.79 Å². The maximum absolute atomic E-state index is 12.6. The van der Waals surface area contributed by atoms with Crippen molar-refractivity contribution in [1.29, 1.82) is 0 Å². The molecule has 4 heterocycles. The minimum Gasteiger partial charge on any atom is -0.477 e. The summed E-state index contributed by atoms with van der Waals surface area (Å²) < 4.78 is 0.762. The summed E-state index contributed by atoms with van der Waals surface area (Å²) in [6.07, 6.45) is 2.23. The molecule has 0 radical (unpaired) electrons. The zero-order valence-corrected chi connectivity index (χ0v) is 18.4. The number of aliphatic hydroxyl groups excluding tert-OH is 1. The molecule has 0 aliphatic carbocycles. The van der Waals surface area contributed by atoms with Crippen LogP contribution in [0.3, 0.4) is 0 Å². The molecule has 0 bridgehead atoms. The van der Waals surface area contributed by atoms with Gasteiger partial charge in [-0.15, -0.1) is 11.3 Å². The number of β-lactam (4-membered cyclic amide) rings is 1. The van der Waals surface area contributed by atoms with Crippen LogP contribution in [0.4, 0.5) is 0 Å². The van der Waals surface area contributed by atoms with Crippen molar-refractivity contribution in [2.45, 2.75) is 56.6 Å². The number of carboxylic acids is 1. The summed E-state index contributed by atoms with van der Waals surface area (Å²) in [6, 6.07) is 0.0470. The number of nitrogens with zero attached hydrogens (tertiary/aromatic N) is 2. The van der Waals surface area contributed by atoms with Crippen molar-refractivity contribution in [2.24, 2.45) is 11.3 Å². The summed E-state index contributed by atoms with van der Waals surface area (Å²) in [4.78, 5) is 31.3. The Bertz CT molecular complexity index is 934. The molecule has 1 aromatic heterocycles. The number of aliphatic hydroxyl groups is 1. The van der Waals surface area contributed by atoms with E-state index in [4.69, 9.17) is 4.98 Å². The molecule has 3 aliphatic heterocycles. The minimum atomic E-state index is -1.12. The smallest absolute Gasteiger partial charge is 0.353 e. The summed E-state index contributed by atoms with van der Waals surface area (Å²) in [5, 5.41) is 25.3. The number of hydrogen-bond donors (Lipinski definition) is 3. The Morgan fingerprint density at radius 3 is 2.83 bits per heavy atom. The van der Waals surface area contributed by atoms with E-state index in [1.165, 1.54) is 33.6 Å². The molecule has 1 amide bonds. The predicted octanol–water partition coefficient (Wildman–Crippen LogP) is 2.54. The van der Waals surface area contributed by atoms with E-state index < -0.39 is 23.4 Å². The Balaban J connectivity index is 1.65. The van der Waals surface area contributed by atoms with Gasteiger partial charge < -0.3 is 20.4 Å². The zero-order chi connectivity index (χ0) is 21.1. The lowest BCUT2D eigenvalue weighted by Gasteiger charge is -2.49. The molecular weight excluding hydrogens is 410 g/mol. The van der Waals surface area contributed by atoms with Crippen LogP contribution in [-0.4, -0.2) is 56.7 Å². The Morgan fingerprint density at radius 2 is 2.21 bits per heavy atom. The molecule has 1 fully saturated rings. The summed E-state index contributed by atoms with van der Waals surface area (Å²) in [5.74, 6) is -2.02. The van der Waals surface area contributed by atoms with Gasteiger partial charge in [0.1, 0.15) is 5.70 Å². The van der Waals surface area contributed by atoms with Crippen LogP contribution < -0.4 is 5.32 Å². The van der Waals surface area contributed by atoms with Gasteiger partial charge in [0, 0.05) is 28.3 Å². The fourth-order valence-electron chi connectivity index (χ4n) is 4.55. The first-order valence-electron chi connectivity index (χ1n) is 9.68. The van der Waals surface area contributed by atoms with Crippen LogP contribution in [0.5, 0.6) is 0 Å². The molecule has 29 heavy (non-hydrogen) atoms. The number of nitrogens with one attached hydrogen (secondary N) is 1. The number of hydrogen-bond acceptors (Lipinski definition) is 7. The molecule has 7 nitrogen and oxygen atoms in total. The quantitative estimate of drug-likeness (QED) is 0.611. The summed E-state index contributed by atoms with van der Waals surface area (Å²) in [5.41, 5.74) is 1.58. The normalized spacial score (nSPS) is 29.4. The van der Waals surface area contributed by atoms with Gasteiger partial charge in [0.05, 0.1) is 23.8 Å². The van der Waals surface area contributed by atoms with Gasteiger partial charge in [0.2, 0.25) is 5.91 Å². The van der Waals surface area contributed by atoms with E-state index >= 15 is 0 Å². The summed E-state index contributed by atoms with van der Waals surface area (Å²) >= 11 is 2.82. The van der Waals surface area contributed by atoms with Crippen LogP contribution in [-0.2, 0) is 9.59 Å². The standard InChI is InChI=1S/C20H25N3O4S2/c1-9-7-11(5-6-21-9)12-8-28-19(22-12)29-16-14(18(26)27)23-15(20(16,3)4)13(10(2)24)17(23)25/h5,8-10,13,15,21,24H,6-7H2,1-4H3,(H,26,27)/t9-,10-,13?,15?/m1/s1. The molecule has 1 aromatic rings. The largest absolute Gasteiger partial charge is 0.477 e. The number of fused-ring (bicyclic) bond motifs is 1. The summed E-state index contributed by atoms with van der Waals surface area (Å²) in [6.45, 7) is 8.42. The molecule has 1 saturated heterocycles. The van der Waals surface area contributed by atoms with Gasteiger partial charge in [0.15, 0.2) is 4.34 Å². The lowest BCUT2D eigenvalue weighted by atomic mass is 9.71.